The van der Waals surface area contributed by atoms with Crippen LogP contribution in [0.1, 0.15) is 0 Å². The summed E-state index contributed by atoms with van der Waals surface area (Å²) < 4.78 is 6.81. The summed E-state index contributed by atoms with van der Waals surface area (Å²) in [7, 11) is 2.05. The Morgan fingerprint density at radius 1 is 0.452 bits per heavy atom. The summed E-state index contributed by atoms with van der Waals surface area (Å²) >= 11 is 0. The van der Waals surface area contributed by atoms with Gasteiger partial charge in [0.1, 0.15) is 5.52 Å². The molecule has 0 spiro atoms. The van der Waals surface area contributed by atoms with E-state index >= 15 is 0 Å². The van der Waals surface area contributed by atoms with Gasteiger partial charge in [0.25, 0.3) is 0 Å². The number of benzene rings is 6. The summed E-state index contributed by atoms with van der Waals surface area (Å²) in [6.45, 7) is 0. The molecule has 0 aliphatic rings. The molecule has 0 N–H and O–H groups in total. The minimum atomic E-state index is 1.01. The van der Waals surface area contributed by atoms with Gasteiger partial charge in [-0.3, -0.25) is 0 Å². The quantitative estimate of drug-likeness (QED) is 0.220. The van der Waals surface area contributed by atoms with E-state index in [1.165, 1.54) is 60.4 Å². The molecule has 0 amide bonds. The van der Waals surface area contributed by atoms with Crippen molar-refractivity contribution in [2.45, 2.75) is 0 Å². The molecule has 6 aromatic carbocycles. The van der Waals surface area contributed by atoms with E-state index in [0.29, 0.717) is 0 Å². The Morgan fingerprint density at radius 2 is 1.00 bits per heavy atom. The third-order valence-corrected chi connectivity index (χ3v) is 8.67. The van der Waals surface area contributed by atoms with Crippen LogP contribution in [0.2, 0.25) is 0 Å². The second kappa shape index (κ2) is 8.69. The van der Waals surface area contributed by atoms with Crippen LogP contribution >= 0.6 is 0 Å². The van der Waals surface area contributed by atoms with E-state index < -0.39 is 0 Å². The molecule has 0 unspecified atom stereocenters. The molecular weight excluding hydrogens is 512 g/mol. The highest BCUT2D eigenvalue weighted by atomic mass is 15.1. The number of aryl methyl sites for hydroxylation is 1. The zero-order chi connectivity index (χ0) is 27.8. The highest BCUT2D eigenvalue weighted by Crippen LogP contribution is 2.38. The fraction of sp³-hybridized carbons (Fsp3) is 0.0263. The minimum absolute atomic E-state index is 1.01. The van der Waals surface area contributed by atoms with E-state index in [-0.39, 0.29) is 0 Å². The van der Waals surface area contributed by atoms with Crippen LogP contribution in [-0.2, 0) is 7.05 Å². The van der Waals surface area contributed by atoms with E-state index in [4.69, 9.17) is 4.98 Å². The first-order valence-corrected chi connectivity index (χ1v) is 14.3. The number of rotatable bonds is 3. The van der Waals surface area contributed by atoms with Gasteiger partial charge in [-0.25, -0.2) is 4.98 Å². The van der Waals surface area contributed by atoms with Gasteiger partial charge in [0.15, 0.2) is 0 Å². The molecule has 0 saturated heterocycles. The first kappa shape index (κ1) is 23.1. The highest BCUT2D eigenvalue weighted by Gasteiger charge is 2.17. The summed E-state index contributed by atoms with van der Waals surface area (Å²) in [4.78, 5) is 4.77. The van der Waals surface area contributed by atoms with E-state index in [1.807, 2.05) is 13.4 Å². The Labute approximate surface area is 242 Å². The monoisotopic (exact) mass is 538 g/mol. The molecule has 198 valence electrons. The van der Waals surface area contributed by atoms with Crippen molar-refractivity contribution in [1.82, 2.24) is 18.7 Å². The molecule has 9 rings (SSSR count). The Bertz CT molecular complexity index is 2470. The van der Waals surface area contributed by atoms with Gasteiger partial charge in [0.05, 0.1) is 39.6 Å². The van der Waals surface area contributed by atoms with E-state index in [1.54, 1.807) is 0 Å². The Kier molecular flexibility index (Phi) is 4.79. The zero-order valence-electron chi connectivity index (χ0n) is 23.1. The van der Waals surface area contributed by atoms with Crippen LogP contribution in [0, 0.1) is 0 Å². The average Bonchev–Trinajstić information content (AvgIpc) is 3.70. The normalized spacial score (nSPS) is 11.9. The van der Waals surface area contributed by atoms with Crippen molar-refractivity contribution < 1.29 is 0 Å². The molecule has 0 aliphatic heterocycles. The SMILES string of the molecule is Cn1cnc2c(-n3c4ccccc4c4cc(-c5ccc6c(c5)c5ccccc5n6-c5ccccc5)ccc43)cccc21. The molecule has 3 heterocycles. The van der Waals surface area contributed by atoms with Crippen LogP contribution in [0.4, 0.5) is 0 Å². The van der Waals surface area contributed by atoms with E-state index in [0.717, 1.165) is 16.7 Å². The van der Waals surface area contributed by atoms with Crippen LogP contribution < -0.4 is 0 Å². The number of aromatic nitrogens is 4. The molecule has 0 bridgehead atoms. The molecule has 0 saturated carbocycles. The smallest absolute Gasteiger partial charge is 0.112 e. The second-order valence-electron chi connectivity index (χ2n) is 11.0. The maximum Gasteiger partial charge on any atom is 0.112 e. The number of para-hydroxylation sites is 4. The molecule has 4 nitrogen and oxygen atoms in total. The molecule has 9 aromatic rings. The third kappa shape index (κ3) is 3.20. The molecule has 42 heavy (non-hydrogen) atoms. The van der Waals surface area contributed by atoms with Gasteiger partial charge in [-0.1, -0.05) is 72.8 Å². The lowest BCUT2D eigenvalue weighted by Crippen LogP contribution is -1.95. The van der Waals surface area contributed by atoms with Crippen LogP contribution in [0.5, 0.6) is 0 Å². The van der Waals surface area contributed by atoms with Crippen LogP contribution in [-0.4, -0.2) is 18.7 Å². The van der Waals surface area contributed by atoms with E-state index in [2.05, 4.69) is 147 Å². The molecule has 0 aliphatic carbocycles. The molecule has 0 radical (unpaired) electrons. The summed E-state index contributed by atoms with van der Waals surface area (Å²) in [5.41, 5.74) is 11.6. The maximum atomic E-state index is 4.77. The number of fused-ring (bicyclic) bond motifs is 7. The lowest BCUT2D eigenvalue weighted by Gasteiger charge is -2.10. The first-order valence-electron chi connectivity index (χ1n) is 14.3. The Hall–Kier alpha value is -5.61. The fourth-order valence-electron chi connectivity index (χ4n) is 6.74. The maximum absolute atomic E-state index is 4.77. The molecule has 4 heteroatoms. The fourth-order valence-corrected chi connectivity index (χ4v) is 6.74. The molecular formula is C38H26N4. The lowest BCUT2D eigenvalue weighted by atomic mass is 10.0. The topological polar surface area (TPSA) is 27.7 Å². The Balaban J connectivity index is 1.28. The standard InChI is InChI=1S/C38H26N4/c1-40-24-39-38-36(40)16-9-17-37(38)42-33-15-8-6-13-29(33)31-23-26(19-21-35(31)42)25-18-20-34-30(22-25)28-12-5-7-14-32(28)41(34)27-10-3-2-4-11-27/h2-24H,1H3. The largest absolute Gasteiger partial charge is 0.334 e. The molecule has 0 atom stereocenters. The third-order valence-electron chi connectivity index (χ3n) is 8.67. The van der Waals surface area contributed by atoms with Crippen molar-refractivity contribution in [3.63, 3.8) is 0 Å². The van der Waals surface area contributed by atoms with Crippen molar-refractivity contribution in [2.75, 3.05) is 0 Å². The van der Waals surface area contributed by atoms with Gasteiger partial charge in [-0.15, -0.1) is 0 Å². The number of hydrogen-bond donors (Lipinski definition) is 0. The predicted molar refractivity (Wildman–Crippen MR) is 175 cm³/mol. The van der Waals surface area contributed by atoms with Gasteiger partial charge in [0, 0.05) is 34.3 Å². The second-order valence-corrected chi connectivity index (χ2v) is 11.0. The number of imidazole rings is 1. The van der Waals surface area contributed by atoms with Crippen LogP contribution in [0.3, 0.4) is 0 Å². The number of nitrogens with zero attached hydrogens (tertiary/aromatic N) is 4. The average molecular weight is 539 g/mol. The van der Waals surface area contributed by atoms with Gasteiger partial charge >= 0.3 is 0 Å². The van der Waals surface area contributed by atoms with Crippen LogP contribution in [0.25, 0.3) is 77.1 Å². The minimum Gasteiger partial charge on any atom is -0.334 e. The van der Waals surface area contributed by atoms with Crippen molar-refractivity contribution in [2.24, 2.45) is 7.05 Å². The molecule has 3 aromatic heterocycles. The van der Waals surface area contributed by atoms with E-state index in [9.17, 15) is 0 Å². The van der Waals surface area contributed by atoms with Crippen molar-refractivity contribution in [3.8, 4) is 22.5 Å². The predicted octanol–water partition coefficient (Wildman–Crippen LogP) is 9.43. The van der Waals surface area contributed by atoms with Gasteiger partial charge in [-0.05, 0) is 71.8 Å². The van der Waals surface area contributed by atoms with Crippen molar-refractivity contribution >= 4 is 54.6 Å². The molecule has 0 fully saturated rings. The van der Waals surface area contributed by atoms with Gasteiger partial charge in [0.2, 0.25) is 0 Å². The lowest BCUT2D eigenvalue weighted by molar-refractivity contribution is 0.948. The van der Waals surface area contributed by atoms with Gasteiger partial charge in [-0.2, -0.15) is 0 Å². The highest BCUT2D eigenvalue weighted by molar-refractivity contribution is 6.13. The summed E-state index contributed by atoms with van der Waals surface area (Å²) in [5.74, 6) is 0. The number of hydrogen-bond acceptors (Lipinski definition) is 1. The summed E-state index contributed by atoms with van der Waals surface area (Å²) in [5, 5.41) is 5.00. The Morgan fingerprint density at radius 3 is 1.69 bits per heavy atom. The van der Waals surface area contributed by atoms with Crippen molar-refractivity contribution in [1.29, 1.82) is 0 Å². The summed E-state index contributed by atoms with van der Waals surface area (Å²) in [6, 6.07) is 48.2. The first-order chi connectivity index (χ1) is 20.8. The summed E-state index contributed by atoms with van der Waals surface area (Å²) in [6.07, 6.45) is 1.89. The van der Waals surface area contributed by atoms with Gasteiger partial charge < -0.3 is 13.7 Å². The van der Waals surface area contributed by atoms with Crippen LogP contribution in [0.15, 0.2) is 140 Å². The zero-order valence-corrected chi connectivity index (χ0v) is 23.1. The van der Waals surface area contributed by atoms with Crippen molar-refractivity contribution in [3.05, 3.63) is 140 Å².